The molecule has 4 atom stereocenters. The van der Waals surface area contributed by atoms with Gasteiger partial charge in [0.2, 0.25) is 0 Å². The van der Waals surface area contributed by atoms with Gasteiger partial charge in [-0.15, -0.1) is 0 Å². The first kappa shape index (κ1) is 41.3. The van der Waals surface area contributed by atoms with Crippen LogP contribution < -0.4 is 0 Å². The second-order valence-corrected chi connectivity index (χ2v) is 12.1. The number of carbonyl (C=O) groups excluding carboxylic acids is 3. The fourth-order valence-corrected chi connectivity index (χ4v) is 5.33. The smallest absolute Gasteiger partial charge is 0.306 e. The first-order chi connectivity index (χ1) is 21.9. The third-order valence-electron chi connectivity index (χ3n) is 8.18. The Balaban J connectivity index is 0.000000689. The molecule has 0 aliphatic carbocycles. The van der Waals surface area contributed by atoms with Gasteiger partial charge in [-0.05, 0) is 19.3 Å². The monoisotopic (exact) mass is 644 g/mol. The maximum Gasteiger partial charge on any atom is 0.306 e. The van der Waals surface area contributed by atoms with E-state index < -0.39 is 6.10 Å². The van der Waals surface area contributed by atoms with Gasteiger partial charge in [-0.25, -0.2) is 0 Å². The second kappa shape index (κ2) is 27.4. The Morgan fingerprint density at radius 2 is 0.911 bits per heavy atom. The van der Waals surface area contributed by atoms with Gasteiger partial charge in [-0.3, -0.25) is 14.4 Å². The van der Waals surface area contributed by atoms with E-state index in [1.165, 1.54) is 19.3 Å². The molecule has 2 aliphatic rings. The van der Waals surface area contributed by atoms with E-state index in [9.17, 15) is 14.4 Å². The van der Waals surface area contributed by atoms with E-state index in [1.54, 1.807) is 14.2 Å². The number of unbranched alkanes of at least 4 members (excludes halogenated alkanes) is 12. The third kappa shape index (κ3) is 19.5. The summed E-state index contributed by atoms with van der Waals surface area (Å²) >= 11 is 0. The van der Waals surface area contributed by atoms with Crippen molar-refractivity contribution in [3.63, 3.8) is 0 Å². The van der Waals surface area contributed by atoms with Gasteiger partial charge in [-0.1, -0.05) is 97.8 Å². The molecular formula is C35H64O10. The minimum Gasteiger partial charge on any atom is -0.462 e. The normalized spacial score (nSPS) is 20.4. The molecule has 0 spiro atoms. The zero-order valence-corrected chi connectivity index (χ0v) is 29.0. The number of fused-ring (bicyclic) bond motifs is 1. The maximum atomic E-state index is 12.2. The van der Waals surface area contributed by atoms with Crippen LogP contribution in [0.4, 0.5) is 0 Å². The van der Waals surface area contributed by atoms with Gasteiger partial charge in [0.05, 0.1) is 13.2 Å². The molecule has 0 radical (unpaired) electrons. The van der Waals surface area contributed by atoms with Gasteiger partial charge >= 0.3 is 17.9 Å². The first-order valence-corrected chi connectivity index (χ1v) is 17.7. The fraction of sp³-hybridized carbons (Fsp3) is 0.914. The number of hydrogen-bond acceptors (Lipinski definition) is 10. The SMILES string of the molecule is CCCCCCCC(=O)OCC(COC(=O)CCCCCCC)OC(=O)CCCCCCC.COC1COC2C(OC)COC12. The summed E-state index contributed by atoms with van der Waals surface area (Å²) in [5.41, 5.74) is 0. The summed E-state index contributed by atoms with van der Waals surface area (Å²) in [4.78, 5) is 36.3. The molecule has 4 unspecified atom stereocenters. The van der Waals surface area contributed by atoms with Crippen LogP contribution in [0, 0.1) is 0 Å². The number of rotatable bonds is 25. The van der Waals surface area contributed by atoms with Crippen LogP contribution in [0.1, 0.15) is 136 Å². The average Bonchev–Trinajstić information content (AvgIpc) is 3.64. The molecule has 0 N–H and O–H groups in total. The van der Waals surface area contributed by atoms with E-state index in [2.05, 4.69) is 20.8 Å². The topological polar surface area (TPSA) is 116 Å². The Hall–Kier alpha value is -1.75. The zero-order valence-electron chi connectivity index (χ0n) is 29.0. The van der Waals surface area contributed by atoms with Gasteiger partial charge in [0.1, 0.15) is 37.6 Å². The molecule has 45 heavy (non-hydrogen) atoms. The van der Waals surface area contributed by atoms with Crippen molar-refractivity contribution in [2.45, 2.75) is 167 Å². The van der Waals surface area contributed by atoms with Crippen molar-refractivity contribution in [2.24, 2.45) is 0 Å². The van der Waals surface area contributed by atoms with Gasteiger partial charge in [0.15, 0.2) is 6.10 Å². The summed E-state index contributed by atoms with van der Waals surface area (Å²) in [6.45, 7) is 7.55. The molecule has 264 valence electrons. The lowest BCUT2D eigenvalue weighted by Crippen LogP contribution is -2.32. The van der Waals surface area contributed by atoms with Gasteiger partial charge in [0, 0.05) is 33.5 Å². The fourth-order valence-electron chi connectivity index (χ4n) is 5.33. The van der Waals surface area contributed by atoms with Crippen molar-refractivity contribution in [3.05, 3.63) is 0 Å². The standard InChI is InChI=1S/C27H50O6.C8H14O4/c1-4-7-10-13-16-19-25(28)31-22-24(33-27(30)21-18-15-12-9-6-3)23-32-26(29)20-17-14-11-8-5-2;1-9-5-3-11-8-6(10-2)4-12-7(5)8/h24H,4-23H2,1-3H3;5-8H,3-4H2,1-2H3. The Bertz CT molecular complexity index is 713. The number of carbonyl (C=O) groups is 3. The van der Waals surface area contributed by atoms with Crippen molar-refractivity contribution in [1.82, 2.24) is 0 Å². The van der Waals surface area contributed by atoms with Crippen LogP contribution >= 0.6 is 0 Å². The summed E-state index contributed by atoms with van der Waals surface area (Å²) in [6.07, 6.45) is 16.3. The van der Waals surface area contributed by atoms with Crippen LogP contribution in [0.15, 0.2) is 0 Å². The van der Waals surface area contributed by atoms with Crippen molar-refractivity contribution in [2.75, 3.05) is 40.6 Å². The van der Waals surface area contributed by atoms with Crippen LogP contribution in [0.5, 0.6) is 0 Å². The molecule has 2 aliphatic heterocycles. The Morgan fingerprint density at radius 3 is 1.27 bits per heavy atom. The predicted octanol–water partition coefficient (Wildman–Crippen LogP) is 6.88. The molecule has 2 heterocycles. The number of ether oxygens (including phenoxy) is 7. The molecule has 2 rings (SSSR count). The highest BCUT2D eigenvalue weighted by atomic mass is 16.6. The van der Waals surface area contributed by atoms with Crippen LogP contribution in [-0.2, 0) is 47.5 Å². The molecule has 0 aromatic carbocycles. The predicted molar refractivity (Wildman–Crippen MR) is 173 cm³/mol. The lowest BCUT2D eigenvalue weighted by molar-refractivity contribution is -0.167. The van der Waals surface area contributed by atoms with Crippen molar-refractivity contribution in [1.29, 1.82) is 0 Å². The summed E-state index contributed by atoms with van der Waals surface area (Å²) in [6, 6.07) is 0. The Labute approximate surface area is 272 Å². The maximum absolute atomic E-state index is 12.2. The van der Waals surface area contributed by atoms with Gasteiger partial charge in [0.25, 0.3) is 0 Å². The lowest BCUT2D eigenvalue weighted by Gasteiger charge is -2.18. The molecule has 0 bridgehead atoms. The van der Waals surface area contributed by atoms with E-state index in [1.807, 2.05) is 0 Å². The summed E-state index contributed by atoms with van der Waals surface area (Å²) in [5, 5.41) is 0. The molecular weight excluding hydrogens is 580 g/mol. The zero-order chi connectivity index (χ0) is 33.1. The highest BCUT2D eigenvalue weighted by Crippen LogP contribution is 2.29. The van der Waals surface area contributed by atoms with Crippen LogP contribution in [0.2, 0.25) is 0 Å². The first-order valence-electron chi connectivity index (χ1n) is 17.7. The lowest BCUT2D eigenvalue weighted by atomic mass is 10.1. The van der Waals surface area contributed by atoms with E-state index in [4.69, 9.17) is 33.2 Å². The van der Waals surface area contributed by atoms with Crippen molar-refractivity contribution >= 4 is 17.9 Å². The van der Waals surface area contributed by atoms with Crippen molar-refractivity contribution < 1.29 is 47.5 Å². The van der Waals surface area contributed by atoms with Crippen LogP contribution in [0.25, 0.3) is 0 Å². The minimum atomic E-state index is -0.749. The molecule has 10 heteroatoms. The average molecular weight is 645 g/mol. The molecule has 0 aromatic rings. The molecule has 0 aromatic heterocycles. The number of methoxy groups -OCH3 is 2. The van der Waals surface area contributed by atoms with Gasteiger partial charge < -0.3 is 33.2 Å². The third-order valence-corrected chi connectivity index (χ3v) is 8.18. The summed E-state index contributed by atoms with van der Waals surface area (Å²) < 4.78 is 37.6. The van der Waals surface area contributed by atoms with Gasteiger partial charge in [-0.2, -0.15) is 0 Å². The van der Waals surface area contributed by atoms with Crippen molar-refractivity contribution in [3.8, 4) is 0 Å². The highest BCUT2D eigenvalue weighted by Gasteiger charge is 2.48. The largest absolute Gasteiger partial charge is 0.462 e. The summed E-state index contributed by atoms with van der Waals surface area (Å²) in [5.74, 6) is -0.925. The minimum absolute atomic E-state index is 0.0694. The molecule has 0 saturated carbocycles. The Morgan fingerprint density at radius 1 is 0.556 bits per heavy atom. The quantitative estimate of drug-likeness (QED) is 0.0592. The van der Waals surface area contributed by atoms with E-state index in [0.29, 0.717) is 32.5 Å². The van der Waals surface area contributed by atoms with Crippen LogP contribution in [-0.4, -0.2) is 89.1 Å². The molecule has 2 fully saturated rings. The Kier molecular flexibility index (Phi) is 25.1. The molecule has 2 saturated heterocycles. The summed E-state index contributed by atoms with van der Waals surface area (Å²) in [7, 11) is 3.36. The van der Waals surface area contributed by atoms with E-state index in [-0.39, 0.29) is 55.5 Å². The number of esters is 3. The van der Waals surface area contributed by atoms with E-state index in [0.717, 1.165) is 77.0 Å². The number of hydrogen-bond donors (Lipinski definition) is 0. The molecule has 10 nitrogen and oxygen atoms in total. The van der Waals surface area contributed by atoms with Crippen LogP contribution in [0.3, 0.4) is 0 Å². The highest BCUT2D eigenvalue weighted by molar-refractivity contribution is 5.71. The molecule has 0 amide bonds. The van der Waals surface area contributed by atoms with E-state index >= 15 is 0 Å². The second-order valence-electron chi connectivity index (χ2n) is 12.1.